The highest BCUT2D eigenvalue weighted by molar-refractivity contribution is 5.76. The maximum atomic E-state index is 12.0. The van der Waals surface area contributed by atoms with E-state index in [9.17, 15) is 9.59 Å². The molecule has 122 valence electrons. The Labute approximate surface area is 131 Å². The van der Waals surface area contributed by atoms with Gasteiger partial charge in [0.2, 0.25) is 5.91 Å². The van der Waals surface area contributed by atoms with Crippen molar-refractivity contribution in [2.45, 2.75) is 44.9 Å². The van der Waals surface area contributed by atoms with E-state index in [1.54, 1.807) is 7.11 Å². The smallest absolute Gasteiger partial charge is 0.303 e. The molecule has 22 heavy (non-hydrogen) atoms. The summed E-state index contributed by atoms with van der Waals surface area (Å²) in [4.78, 5) is 22.3. The summed E-state index contributed by atoms with van der Waals surface area (Å²) in [5.74, 6) is 0.210. The van der Waals surface area contributed by atoms with E-state index in [1.807, 2.05) is 24.3 Å². The van der Waals surface area contributed by atoms with Crippen LogP contribution in [0.1, 0.15) is 50.5 Å². The monoisotopic (exact) mass is 307 g/mol. The van der Waals surface area contributed by atoms with Crippen LogP contribution in [0, 0.1) is 0 Å². The number of rotatable bonds is 10. The van der Waals surface area contributed by atoms with Crippen molar-refractivity contribution in [3.8, 4) is 5.75 Å². The zero-order chi connectivity index (χ0) is 16.4. The molecule has 0 saturated carbocycles. The first kappa shape index (κ1) is 18.0. The fourth-order valence-corrected chi connectivity index (χ4v) is 2.30. The fourth-order valence-electron chi connectivity index (χ4n) is 2.30. The van der Waals surface area contributed by atoms with Crippen molar-refractivity contribution in [2.24, 2.45) is 0 Å². The zero-order valence-electron chi connectivity index (χ0n) is 13.3. The summed E-state index contributed by atoms with van der Waals surface area (Å²) in [6.07, 6.45) is 2.77. The summed E-state index contributed by atoms with van der Waals surface area (Å²) in [5.41, 5.74) is 1.13. The van der Waals surface area contributed by atoms with Crippen molar-refractivity contribution >= 4 is 11.9 Å². The average Bonchev–Trinajstić information content (AvgIpc) is 2.52. The van der Waals surface area contributed by atoms with Gasteiger partial charge < -0.3 is 15.2 Å². The summed E-state index contributed by atoms with van der Waals surface area (Å²) in [6, 6.07) is 7.80. The number of hydrogen-bond donors (Lipinski definition) is 2. The molecule has 0 heterocycles. The first-order valence-corrected chi connectivity index (χ1v) is 7.69. The molecule has 0 aliphatic heterocycles. The van der Waals surface area contributed by atoms with Crippen LogP contribution in [0.4, 0.5) is 0 Å². The molecule has 0 bridgehead atoms. The SMILES string of the molecule is CCC(CC(=O)NCCCCC(=O)O)c1ccc(OC)cc1. The highest BCUT2D eigenvalue weighted by Crippen LogP contribution is 2.25. The lowest BCUT2D eigenvalue weighted by molar-refractivity contribution is -0.137. The number of nitrogens with one attached hydrogen (secondary N) is 1. The van der Waals surface area contributed by atoms with Gasteiger partial charge in [-0.05, 0) is 42.9 Å². The summed E-state index contributed by atoms with van der Waals surface area (Å²) in [6.45, 7) is 2.60. The molecule has 1 unspecified atom stereocenters. The molecule has 0 spiro atoms. The van der Waals surface area contributed by atoms with Gasteiger partial charge in [-0.25, -0.2) is 0 Å². The lowest BCUT2D eigenvalue weighted by atomic mass is 9.93. The van der Waals surface area contributed by atoms with Crippen molar-refractivity contribution in [2.75, 3.05) is 13.7 Å². The molecule has 0 aliphatic rings. The summed E-state index contributed by atoms with van der Waals surface area (Å²) in [5, 5.41) is 11.4. The molecule has 1 atom stereocenters. The molecule has 0 saturated heterocycles. The topological polar surface area (TPSA) is 75.6 Å². The quantitative estimate of drug-likeness (QED) is 0.652. The number of carboxylic acid groups (broad SMARTS) is 1. The fraction of sp³-hybridized carbons (Fsp3) is 0.529. The maximum Gasteiger partial charge on any atom is 0.303 e. The van der Waals surface area contributed by atoms with E-state index in [0.29, 0.717) is 25.8 Å². The van der Waals surface area contributed by atoms with E-state index in [4.69, 9.17) is 9.84 Å². The maximum absolute atomic E-state index is 12.0. The first-order valence-electron chi connectivity index (χ1n) is 7.69. The lowest BCUT2D eigenvalue weighted by Gasteiger charge is -2.15. The van der Waals surface area contributed by atoms with Crippen LogP contribution in [0.5, 0.6) is 5.75 Å². The minimum absolute atomic E-state index is 0.0120. The third-order valence-corrected chi connectivity index (χ3v) is 3.65. The Hall–Kier alpha value is -2.04. The molecule has 2 N–H and O–H groups in total. The van der Waals surface area contributed by atoms with Gasteiger partial charge in [-0.3, -0.25) is 9.59 Å². The molecule has 0 fully saturated rings. The van der Waals surface area contributed by atoms with Crippen molar-refractivity contribution in [3.63, 3.8) is 0 Å². The molecule has 0 aromatic heterocycles. The summed E-state index contributed by atoms with van der Waals surface area (Å²) in [7, 11) is 1.63. The number of ether oxygens (including phenoxy) is 1. The minimum atomic E-state index is -0.795. The molecule has 0 radical (unpaired) electrons. The average molecular weight is 307 g/mol. The zero-order valence-corrected chi connectivity index (χ0v) is 13.3. The number of unbranched alkanes of at least 4 members (excludes halogenated alkanes) is 1. The Morgan fingerprint density at radius 2 is 1.91 bits per heavy atom. The molecule has 5 nitrogen and oxygen atoms in total. The highest BCUT2D eigenvalue weighted by Gasteiger charge is 2.14. The van der Waals surface area contributed by atoms with Gasteiger partial charge in [0, 0.05) is 19.4 Å². The lowest BCUT2D eigenvalue weighted by Crippen LogP contribution is -2.26. The number of carboxylic acids is 1. The Morgan fingerprint density at radius 1 is 1.23 bits per heavy atom. The molecule has 5 heteroatoms. The van der Waals surface area contributed by atoms with Crippen LogP contribution < -0.4 is 10.1 Å². The van der Waals surface area contributed by atoms with E-state index in [0.717, 1.165) is 17.7 Å². The van der Waals surface area contributed by atoms with Crippen molar-refractivity contribution in [3.05, 3.63) is 29.8 Å². The van der Waals surface area contributed by atoms with Gasteiger partial charge in [-0.1, -0.05) is 19.1 Å². The number of benzene rings is 1. The van der Waals surface area contributed by atoms with Gasteiger partial charge in [-0.2, -0.15) is 0 Å². The first-order chi connectivity index (χ1) is 10.6. The standard InChI is InChI=1S/C17H25NO4/c1-3-13(14-7-9-15(22-2)10-8-14)12-16(19)18-11-5-4-6-17(20)21/h7-10,13H,3-6,11-12H2,1-2H3,(H,18,19)(H,20,21). The molecule has 1 aromatic carbocycles. The number of aliphatic carboxylic acids is 1. The predicted octanol–water partition coefficient (Wildman–Crippen LogP) is 2.95. The van der Waals surface area contributed by atoms with Crippen LogP contribution in [-0.4, -0.2) is 30.6 Å². The second kappa shape index (κ2) is 9.82. The Morgan fingerprint density at radius 3 is 2.45 bits per heavy atom. The van der Waals surface area contributed by atoms with Crippen LogP contribution >= 0.6 is 0 Å². The van der Waals surface area contributed by atoms with E-state index >= 15 is 0 Å². The molecule has 1 aromatic rings. The molecular weight excluding hydrogens is 282 g/mol. The van der Waals surface area contributed by atoms with E-state index < -0.39 is 5.97 Å². The highest BCUT2D eigenvalue weighted by atomic mass is 16.5. The normalized spacial score (nSPS) is 11.7. The van der Waals surface area contributed by atoms with Crippen LogP contribution in [0.25, 0.3) is 0 Å². The number of carbonyl (C=O) groups is 2. The van der Waals surface area contributed by atoms with Gasteiger partial charge in [0.1, 0.15) is 5.75 Å². The van der Waals surface area contributed by atoms with Crippen molar-refractivity contribution in [1.82, 2.24) is 5.32 Å². The summed E-state index contributed by atoms with van der Waals surface area (Å²) >= 11 is 0. The van der Waals surface area contributed by atoms with Crippen LogP contribution in [-0.2, 0) is 9.59 Å². The van der Waals surface area contributed by atoms with Crippen LogP contribution in [0.15, 0.2) is 24.3 Å². The van der Waals surface area contributed by atoms with Gasteiger partial charge in [-0.15, -0.1) is 0 Å². The number of methoxy groups -OCH3 is 1. The predicted molar refractivity (Wildman–Crippen MR) is 85.1 cm³/mol. The van der Waals surface area contributed by atoms with E-state index in [2.05, 4.69) is 12.2 Å². The Bertz CT molecular complexity index is 470. The van der Waals surface area contributed by atoms with Gasteiger partial charge >= 0.3 is 5.97 Å². The number of hydrogen-bond acceptors (Lipinski definition) is 3. The molecular formula is C17H25NO4. The number of amides is 1. The largest absolute Gasteiger partial charge is 0.497 e. The molecule has 0 aliphatic carbocycles. The van der Waals surface area contributed by atoms with Gasteiger partial charge in [0.15, 0.2) is 0 Å². The molecule has 1 amide bonds. The van der Waals surface area contributed by atoms with Crippen LogP contribution in [0.3, 0.4) is 0 Å². The molecule has 1 rings (SSSR count). The Balaban J connectivity index is 2.37. The van der Waals surface area contributed by atoms with Crippen LogP contribution in [0.2, 0.25) is 0 Å². The van der Waals surface area contributed by atoms with Gasteiger partial charge in [0.05, 0.1) is 7.11 Å². The van der Waals surface area contributed by atoms with E-state index in [1.165, 1.54) is 0 Å². The van der Waals surface area contributed by atoms with Crippen molar-refractivity contribution in [1.29, 1.82) is 0 Å². The third-order valence-electron chi connectivity index (χ3n) is 3.65. The second-order valence-electron chi connectivity index (χ2n) is 5.28. The summed E-state index contributed by atoms with van der Waals surface area (Å²) < 4.78 is 5.14. The number of carbonyl (C=O) groups excluding carboxylic acids is 1. The second-order valence-corrected chi connectivity index (χ2v) is 5.28. The third kappa shape index (κ3) is 6.61. The minimum Gasteiger partial charge on any atom is -0.497 e. The van der Waals surface area contributed by atoms with Gasteiger partial charge in [0.25, 0.3) is 0 Å². The Kier molecular flexibility index (Phi) is 8.04. The van der Waals surface area contributed by atoms with E-state index in [-0.39, 0.29) is 18.2 Å². The van der Waals surface area contributed by atoms with Crippen molar-refractivity contribution < 1.29 is 19.4 Å².